The second-order valence-electron chi connectivity index (χ2n) is 8.21. The Hall–Kier alpha value is -2.38. The molecule has 0 unspecified atom stereocenters. The summed E-state index contributed by atoms with van der Waals surface area (Å²) in [6.07, 6.45) is 5.83. The first kappa shape index (κ1) is 24.3. The van der Waals surface area contributed by atoms with Crippen LogP contribution < -0.4 is 10.6 Å². The Morgan fingerprint density at radius 3 is 2.97 bits per heavy atom. The number of carbonyl (C=O) groups is 1. The van der Waals surface area contributed by atoms with Crippen molar-refractivity contribution in [2.75, 3.05) is 44.4 Å². The molecular weight excluding hydrogens is 431 g/mol. The number of anilines is 2. The minimum Gasteiger partial charge on any atom is -0.467 e. The van der Waals surface area contributed by atoms with E-state index in [1.165, 1.54) is 25.2 Å². The zero-order chi connectivity index (χ0) is 22.9. The molecule has 1 aromatic heterocycles. The monoisotopic (exact) mass is 462 g/mol. The summed E-state index contributed by atoms with van der Waals surface area (Å²) in [5, 5.41) is 6.38. The first-order valence-electron chi connectivity index (χ1n) is 11.2. The number of carbonyl (C=O) groups excluding carboxylic acids is 1. The SMILES string of the molecule is COC(=O)[C@H](CCN(C)CCCCc1ccc2c(n1)NCCC2)Nc1cccc(F)c1Cl. The van der Waals surface area contributed by atoms with Crippen LogP contribution in [0.15, 0.2) is 30.3 Å². The van der Waals surface area contributed by atoms with Crippen molar-refractivity contribution in [2.24, 2.45) is 0 Å². The van der Waals surface area contributed by atoms with Gasteiger partial charge in [0.15, 0.2) is 0 Å². The largest absolute Gasteiger partial charge is 0.467 e. The molecule has 32 heavy (non-hydrogen) atoms. The molecular formula is C24H32ClFN4O2. The van der Waals surface area contributed by atoms with Crippen LogP contribution in [0.5, 0.6) is 0 Å². The summed E-state index contributed by atoms with van der Waals surface area (Å²) in [5.74, 6) is 0.123. The van der Waals surface area contributed by atoms with Gasteiger partial charge in [0.2, 0.25) is 0 Å². The van der Waals surface area contributed by atoms with Gasteiger partial charge in [-0.3, -0.25) is 0 Å². The molecule has 2 N–H and O–H groups in total. The third kappa shape index (κ3) is 6.81. The summed E-state index contributed by atoms with van der Waals surface area (Å²) < 4.78 is 18.6. The highest BCUT2D eigenvalue weighted by molar-refractivity contribution is 6.33. The van der Waals surface area contributed by atoms with E-state index in [-0.39, 0.29) is 5.02 Å². The number of methoxy groups -OCH3 is 1. The number of esters is 1. The maximum Gasteiger partial charge on any atom is 0.328 e. The average molecular weight is 463 g/mol. The molecule has 0 saturated carbocycles. The van der Waals surface area contributed by atoms with Gasteiger partial charge in [-0.1, -0.05) is 23.7 Å². The Kier molecular flexibility index (Phi) is 9.11. The summed E-state index contributed by atoms with van der Waals surface area (Å²) in [6.45, 7) is 2.61. The van der Waals surface area contributed by atoms with Crippen LogP contribution in [0.2, 0.25) is 5.02 Å². The van der Waals surface area contributed by atoms with Crippen LogP contribution in [-0.2, 0) is 22.4 Å². The molecule has 6 nitrogen and oxygen atoms in total. The molecule has 8 heteroatoms. The van der Waals surface area contributed by atoms with Gasteiger partial charge in [0.05, 0.1) is 17.8 Å². The van der Waals surface area contributed by atoms with Crippen LogP contribution in [0.1, 0.15) is 36.9 Å². The summed E-state index contributed by atoms with van der Waals surface area (Å²) in [4.78, 5) is 19.1. The predicted octanol–water partition coefficient (Wildman–Crippen LogP) is 4.53. The van der Waals surface area contributed by atoms with E-state index in [0.717, 1.165) is 50.3 Å². The number of unbranched alkanes of at least 4 members (excludes halogenated alkanes) is 1. The van der Waals surface area contributed by atoms with Crippen molar-refractivity contribution < 1.29 is 13.9 Å². The Bertz CT molecular complexity index is 912. The Morgan fingerprint density at radius 2 is 2.16 bits per heavy atom. The van der Waals surface area contributed by atoms with E-state index >= 15 is 0 Å². The highest BCUT2D eigenvalue weighted by Gasteiger charge is 2.21. The highest BCUT2D eigenvalue weighted by Crippen LogP contribution is 2.26. The number of fused-ring (bicyclic) bond motifs is 1. The van der Waals surface area contributed by atoms with E-state index in [9.17, 15) is 9.18 Å². The zero-order valence-corrected chi connectivity index (χ0v) is 19.6. The van der Waals surface area contributed by atoms with Gasteiger partial charge < -0.3 is 20.3 Å². The van der Waals surface area contributed by atoms with Gasteiger partial charge in [0.25, 0.3) is 0 Å². The maximum atomic E-state index is 13.7. The first-order chi connectivity index (χ1) is 15.5. The number of pyridine rings is 1. The van der Waals surface area contributed by atoms with Gasteiger partial charge in [0, 0.05) is 18.8 Å². The van der Waals surface area contributed by atoms with E-state index in [4.69, 9.17) is 21.3 Å². The molecule has 0 spiro atoms. The van der Waals surface area contributed by atoms with E-state index < -0.39 is 17.8 Å². The van der Waals surface area contributed by atoms with Gasteiger partial charge in [-0.15, -0.1) is 0 Å². The minimum atomic E-state index is -0.603. The van der Waals surface area contributed by atoms with Gasteiger partial charge in [0.1, 0.15) is 17.7 Å². The smallest absolute Gasteiger partial charge is 0.328 e. The number of nitrogens with zero attached hydrogens (tertiary/aromatic N) is 2. The van der Waals surface area contributed by atoms with Crippen LogP contribution in [0, 0.1) is 5.82 Å². The fourth-order valence-corrected chi connectivity index (χ4v) is 4.03. The van der Waals surface area contributed by atoms with E-state index in [1.807, 2.05) is 7.05 Å². The summed E-state index contributed by atoms with van der Waals surface area (Å²) in [6, 6.07) is 8.21. The van der Waals surface area contributed by atoms with Crippen molar-refractivity contribution in [1.82, 2.24) is 9.88 Å². The second-order valence-corrected chi connectivity index (χ2v) is 8.59. The van der Waals surface area contributed by atoms with Crippen molar-refractivity contribution >= 4 is 29.1 Å². The molecule has 0 amide bonds. The third-order valence-electron chi connectivity index (χ3n) is 5.74. The molecule has 0 radical (unpaired) electrons. The molecule has 0 bridgehead atoms. The quantitative estimate of drug-likeness (QED) is 0.378. The molecule has 174 valence electrons. The van der Waals surface area contributed by atoms with Crippen molar-refractivity contribution in [3.8, 4) is 0 Å². The van der Waals surface area contributed by atoms with Gasteiger partial charge in [-0.05, 0) is 75.9 Å². The zero-order valence-electron chi connectivity index (χ0n) is 18.8. The van der Waals surface area contributed by atoms with E-state index in [2.05, 4.69) is 27.7 Å². The molecule has 1 aliphatic rings. The fourth-order valence-electron chi connectivity index (χ4n) is 3.85. The van der Waals surface area contributed by atoms with Crippen LogP contribution in [0.4, 0.5) is 15.9 Å². The van der Waals surface area contributed by atoms with E-state index in [0.29, 0.717) is 18.7 Å². The Labute approximate surface area is 194 Å². The number of rotatable bonds is 11. The standard InChI is InChI=1S/C24H32ClFN4O2/c1-30(15-4-3-8-18-12-11-17-7-6-14-27-23(17)28-18)16-13-21(24(31)32-2)29-20-10-5-9-19(26)22(20)25/h5,9-12,21,29H,3-4,6-8,13-16H2,1-2H3,(H,27,28)/t21-/m0/s1. The summed E-state index contributed by atoms with van der Waals surface area (Å²) in [5.41, 5.74) is 2.83. The number of aryl methyl sites for hydroxylation is 2. The number of aromatic nitrogens is 1. The minimum absolute atomic E-state index is 0.0271. The topological polar surface area (TPSA) is 66.5 Å². The Balaban J connectivity index is 1.42. The van der Waals surface area contributed by atoms with Crippen LogP contribution >= 0.6 is 11.6 Å². The normalized spacial score (nSPS) is 13.9. The van der Waals surface area contributed by atoms with E-state index in [1.54, 1.807) is 12.1 Å². The molecule has 3 rings (SSSR count). The van der Waals surface area contributed by atoms with Crippen molar-refractivity contribution in [3.63, 3.8) is 0 Å². The maximum absolute atomic E-state index is 13.7. The molecule has 0 aliphatic carbocycles. The lowest BCUT2D eigenvalue weighted by Gasteiger charge is -2.22. The molecule has 1 aromatic carbocycles. The van der Waals surface area contributed by atoms with Crippen LogP contribution in [-0.4, -0.2) is 55.7 Å². The predicted molar refractivity (Wildman–Crippen MR) is 127 cm³/mol. The number of benzene rings is 1. The number of halogens is 2. The molecule has 2 aromatic rings. The lowest BCUT2D eigenvalue weighted by atomic mass is 10.1. The molecule has 2 heterocycles. The number of hydrogen-bond acceptors (Lipinski definition) is 6. The van der Waals surface area contributed by atoms with Crippen molar-refractivity contribution in [1.29, 1.82) is 0 Å². The Morgan fingerprint density at radius 1 is 1.31 bits per heavy atom. The third-order valence-corrected chi connectivity index (χ3v) is 6.13. The van der Waals surface area contributed by atoms with Gasteiger partial charge >= 0.3 is 5.97 Å². The fraction of sp³-hybridized carbons (Fsp3) is 0.500. The summed E-state index contributed by atoms with van der Waals surface area (Å²) in [7, 11) is 3.38. The molecule has 0 saturated heterocycles. The van der Waals surface area contributed by atoms with Crippen LogP contribution in [0.25, 0.3) is 0 Å². The molecule has 1 aliphatic heterocycles. The summed E-state index contributed by atoms with van der Waals surface area (Å²) >= 11 is 6.01. The highest BCUT2D eigenvalue weighted by atomic mass is 35.5. The molecule has 1 atom stereocenters. The van der Waals surface area contributed by atoms with Gasteiger partial charge in [-0.2, -0.15) is 0 Å². The molecule has 0 fully saturated rings. The van der Waals surface area contributed by atoms with Crippen LogP contribution in [0.3, 0.4) is 0 Å². The number of nitrogens with one attached hydrogen (secondary N) is 2. The van der Waals surface area contributed by atoms with Crippen molar-refractivity contribution in [3.05, 3.63) is 52.4 Å². The average Bonchev–Trinajstić information content (AvgIpc) is 2.81. The second kappa shape index (κ2) is 12.0. The number of hydrogen-bond donors (Lipinski definition) is 2. The lowest BCUT2D eigenvalue weighted by Crippen LogP contribution is -2.35. The van der Waals surface area contributed by atoms with Crippen molar-refractivity contribution in [2.45, 2.75) is 44.6 Å². The van der Waals surface area contributed by atoms with Gasteiger partial charge in [-0.25, -0.2) is 14.2 Å². The number of ether oxygens (including phenoxy) is 1. The lowest BCUT2D eigenvalue weighted by molar-refractivity contribution is -0.141. The first-order valence-corrected chi connectivity index (χ1v) is 11.6.